The predicted molar refractivity (Wildman–Crippen MR) is 116 cm³/mol. The molecule has 1 aliphatic rings. The molecular formula is C23H21ClN4O. The normalized spacial score (nSPS) is 15.4. The zero-order chi connectivity index (χ0) is 20.4. The summed E-state index contributed by atoms with van der Waals surface area (Å²) in [5.74, 6) is 1.21. The van der Waals surface area contributed by atoms with Crippen LogP contribution in [0.1, 0.15) is 36.8 Å². The molecule has 0 amide bonds. The Morgan fingerprint density at radius 2 is 2.03 bits per heavy atom. The largest absolute Gasteiger partial charge is 0.497 e. The zero-order valence-electron chi connectivity index (χ0n) is 16.3. The molecule has 0 saturated carbocycles. The zero-order valence-corrected chi connectivity index (χ0v) is 17.0. The molecule has 1 aromatic heterocycles. The summed E-state index contributed by atoms with van der Waals surface area (Å²) in [4.78, 5) is 3.94. The van der Waals surface area contributed by atoms with E-state index in [2.05, 4.69) is 27.3 Å². The molecule has 2 aromatic carbocycles. The first-order chi connectivity index (χ1) is 14.2. The van der Waals surface area contributed by atoms with Crippen molar-refractivity contribution in [2.45, 2.75) is 25.7 Å². The average Bonchev–Trinajstić information content (AvgIpc) is 3.17. The maximum atomic E-state index is 7.92. The molecule has 3 aromatic rings. The number of aromatic nitrogens is 2. The molecule has 1 aliphatic heterocycles. The van der Waals surface area contributed by atoms with Crippen LogP contribution in [0.4, 0.5) is 5.82 Å². The van der Waals surface area contributed by atoms with E-state index in [1.54, 1.807) is 7.11 Å². The first-order valence-electron chi connectivity index (χ1n) is 9.52. The molecule has 4 rings (SSSR count). The van der Waals surface area contributed by atoms with Crippen molar-refractivity contribution >= 4 is 17.4 Å². The summed E-state index contributed by atoms with van der Waals surface area (Å²) in [6, 6.07) is 15.5. The molecule has 2 N–H and O–H groups in total. The van der Waals surface area contributed by atoms with Crippen molar-refractivity contribution < 1.29 is 4.74 Å². The van der Waals surface area contributed by atoms with Crippen molar-refractivity contribution in [2.75, 3.05) is 12.4 Å². The molecule has 0 fully saturated rings. The lowest BCUT2D eigenvalue weighted by Gasteiger charge is -2.27. The number of aromatic amines is 1. The SMILES string of the molecule is [C-]#[N+]C1=C(CCC)Nc2n[nH]c(-c3cccc(OC)c3)c2C1c1ccccc1Cl. The summed E-state index contributed by atoms with van der Waals surface area (Å²) in [6.07, 6.45) is 1.71. The van der Waals surface area contributed by atoms with E-state index in [9.17, 15) is 0 Å². The van der Waals surface area contributed by atoms with Crippen LogP contribution in [-0.2, 0) is 0 Å². The van der Waals surface area contributed by atoms with E-state index in [1.165, 1.54) is 0 Å². The number of hydrogen-bond acceptors (Lipinski definition) is 3. The lowest BCUT2D eigenvalue weighted by Crippen LogP contribution is -2.18. The van der Waals surface area contributed by atoms with Gasteiger partial charge in [-0.2, -0.15) is 5.10 Å². The highest BCUT2D eigenvalue weighted by atomic mass is 35.5. The summed E-state index contributed by atoms with van der Waals surface area (Å²) >= 11 is 6.59. The van der Waals surface area contributed by atoms with E-state index >= 15 is 0 Å². The fraction of sp³-hybridized carbons (Fsp3) is 0.217. The second-order valence-electron chi connectivity index (χ2n) is 6.90. The number of nitrogens with one attached hydrogen (secondary N) is 2. The predicted octanol–water partition coefficient (Wildman–Crippen LogP) is 6.23. The smallest absolute Gasteiger partial charge is 0.196 e. The van der Waals surface area contributed by atoms with Gasteiger partial charge in [-0.15, -0.1) is 0 Å². The van der Waals surface area contributed by atoms with Crippen LogP contribution < -0.4 is 10.1 Å². The molecular weight excluding hydrogens is 384 g/mol. The summed E-state index contributed by atoms with van der Waals surface area (Å²) in [6.45, 7) is 10.0. The van der Waals surface area contributed by atoms with Crippen molar-refractivity contribution in [2.24, 2.45) is 0 Å². The number of halogens is 1. The minimum atomic E-state index is -0.293. The van der Waals surface area contributed by atoms with E-state index in [4.69, 9.17) is 22.9 Å². The van der Waals surface area contributed by atoms with E-state index in [0.717, 1.165) is 52.5 Å². The monoisotopic (exact) mass is 404 g/mol. The van der Waals surface area contributed by atoms with Gasteiger partial charge >= 0.3 is 0 Å². The highest BCUT2D eigenvalue weighted by molar-refractivity contribution is 6.31. The van der Waals surface area contributed by atoms with Crippen LogP contribution in [0.3, 0.4) is 0 Å². The number of fused-ring (bicyclic) bond motifs is 1. The molecule has 0 saturated heterocycles. The molecule has 6 heteroatoms. The molecule has 0 spiro atoms. The van der Waals surface area contributed by atoms with Crippen LogP contribution in [-0.4, -0.2) is 17.3 Å². The van der Waals surface area contributed by atoms with E-state index in [-0.39, 0.29) is 5.92 Å². The van der Waals surface area contributed by atoms with Crippen molar-refractivity contribution in [3.8, 4) is 17.0 Å². The Kier molecular flexibility index (Phi) is 5.28. The minimum Gasteiger partial charge on any atom is -0.497 e. The van der Waals surface area contributed by atoms with Crippen molar-refractivity contribution in [1.29, 1.82) is 0 Å². The molecule has 5 nitrogen and oxygen atoms in total. The van der Waals surface area contributed by atoms with Gasteiger partial charge in [0.2, 0.25) is 0 Å². The van der Waals surface area contributed by atoms with Crippen LogP contribution in [0.15, 0.2) is 59.9 Å². The summed E-state index contributed by atoms with van der Waals surface area (Å²) < 4.78 is 5.39. The molecule has 1 unspecified atom stereocenters. The number of rotatable bonds is 5. The van der Waals surface area contributed by atoms with Gasteiger partial charge < -0.3 is 10.1 Å². The number of anilines is 1. The van der Waals surface area contributed by atoms with Gasteiger partial charge in [0.05, 0.1) is 25.3 Å². The second kappa shape index (κ2) is 8.02. The van der Waals surface area contributed by atoms with Gasteiger partial charge in [-0.3, -0.25) is 5.10 Å². The number of nitrogens with zero attached hydrogens (tertiary/aromatic N) is 2. The maximum Gasteiger partial charge on any atom is 0.196 e. The van der Waals surface area contributed by atoms with Crippen molar-refractivity contribution in [3.05, 3.63) is 87.5 Å². The van der Waals surface area contributed by atoms with E-state index in [0.29, 0.717) is 10.7 Å². The first kappa shape index (κ1) is 19.1. The third-order valence-corrected chi connectivity index (χ3v) is 5.48. The van der Waals surface area contributed by atoms with Crippen LogP contribution in [0.25, 0.3) is 16.1 Å². The van der Waals surface area contributed by atoms with Gasteiger partial charge in [-0.25, -0.2) is 4.85 Å². The second-order valence-corrected chi connectivity index (χ2v) is 7.31. The van der Waals surface area contributed by atoms with Crippen molar-refractivity contribution in [3.63, 3.8) is 0 Å². The van der Waals surface area contributed by atoms with E-state index in [1.807, 2.05) is 48.5 Å². The van der Waals surface area contributed by atoms with Gasteiger partial charge in [-0.1, -0.05) is 55.3 Å². The Bertz CT molecular complexity index is 1130. The Balaban J connectivity index is 1.96. The molecule has 29 heavy (non-hydrogen) atoms. The molecule has 146 valence electrons. The lowest BCUT2D eigenvalue weighted by molar-refractivity contribution is 0.415. The van der Waals surface area contributed by atoms with Gasteiger partial charge in [0.15, 0.2) is 11.5 Å². The first-order valence-corrected chi connectivity index (χ1v) is 9.90. The topological polar surface area (TPSA) is 54.3 Å². The highest BCUT2D eigenvalue weighted by Crippen LogP contribution is 2.48. The fourth-order valence-electron chi connectivity index (χ4n) is 3.83. The van der Waals surface area contributed by atoms with Gasteiger partial charge in [-0.05, 0) is 30.2 Å². The quantitative estimate of drug-likeness (QED) is 0.496. The standard InChI is InChI=1S/C23H21ClN4O/c1-4-8-18-22(25-2)19(16-11-5-6-12-17(16)24)20-21(27-28-23(20)26-18)14-9-7-10-15(13-14)29-3/h5-7,9-13,19H,4,8H2,1,3H3,(H2,26,27,28). The summed E-state index contributed by atoms with van der Waals surface area (Å²) in [7, 11) is 1.65. The van der Waals surface area contributed by atoms with Gasteiger partial charge in [0, 0.05) is 21.8 Å². The molecule has 2 heterocycles. The van der Waals surface area contributed by atoms with Gasteiger partial charge in [0.1, 0.15) is 5.75 Å². The molecule has 0 aliphatic carbocycles. The number of benzene rings is 2. The maximum absolute atomic E-state index is 7.92. The van der Waals surface area contributed by atoms with Crippen LogP contribution in [0.5, 0.6) is 5.75 Å². The third-order valence-electron chi connectivity index (χ3n) is 5.14. The Labute approximate surface area is 175 Å². The highest BCUT2D eigenvalue weighted by Gasteiger charge is 2.35. The summed E-state index contributed by atoms with van der Waals surface area (Å²) in [5.41, 5.74) is 5.20. The van der Waals surface area contributed by atoms with E-state index < -0.39 is 0 Å². The van der Waals surface area contributed by atoms with Crippen molar-refractivity contribution in [1.82, 2.24) is 10.2 Å². The summed E-state index contributed by atoms with van der Waals surface area (Å²) in [5, 5.41) is 11.7. The molecule has 0 radical (unpaired) electrons. The minimum absolute atomic E-state index is 0.293. The Morgan fingerprint density at radius 3 is 2.76 bits per heavy atom. The Morgan fingerprint density at radius 1 is 1.21 bits per heavy atom. The van der Waals surface area contributed by atoms with Crippen LogP contribution in [0.2, 0.25) is 5.02 Å². The number of ether oxygens (including phenoxy) is 1. The van der Waals surface area contributed by atoms with Crippen LogP contribution in [0, 0.1) is 6.57 Å². The number of methoxy groups -OCH3 is 1. The fourth-order valence-corrected chi connectivity index (χ4v) is 4.07. The van der Waals surface area contributed by atoms with Gasteiger partial charge in [0.25, 0.3) is 0 Å². The Hall–Kier alpha value is -3.23. The van der Waals surface area contributed by atoms with Crippen LogP contribution >= 0.6 is 11.6 Å². The average molecular weight is 405 g/mol. The number of hydrogen-bond donors (Lipinski definition) is 2. The molecule has 1 atom stereocenters. The lowest BCUT2D eigenvalue weighted by atomic mass is 9.83. The third kappa shape index (κ3) is 3.37. The number of H-pyrrole nitrogens is 1. The molecule has 0 bridgehead atoms. The number of allylic oxidation sites excluding steroid dienone is 2.